The minimum Gasteiger partial charge on any atom is -0.342 e. The van der Waals surface area contributed by atoms with Crippen molar-refractivity contribution in [1.29, 1.82) is 0 Å². The summed E-state index contributed by atoms with van der Waals surface area (Å²) in [6.07, 6.45) is 2.36. The lowest BCUT2D eigenvalue weighted by molar-refractivity contribution is -0.142. The maximum absolute atomic E-state index is 13.4. The third-order valence-electron chi connectivity index (χ3n) is 6.49. The van der Waals surface area contributed by atoms with Gasteiger partial charge in [0.1, 0.15) is 0 Å². The molecule has 150 valence electrons. The first kappa shape index (κ1) is 19.2. The largest absolute Gasteiger partial charge is 0.342 e. The van der Waals surface area contributed by atoms with E-state index in [0.717, 1.165) is 31.5 Å². The van der Waals surface area contributed by atoms with E-state index in [0.29, 0.717) is 37.6 Å². The Morgan fingerprint density at radius 1 is 1.00 bits per heavy atom. The smallest absolute Gasteiger partial charge is 0.232 e. The van der Waals surface area contributed by atoms with Crippen LogP contribution in [0.2, 0.25) is 5.02 Å². The average Bonchev–Trinajstić information content (AvgIpc) is 3.37. The van der Waals surface area contributed by atoms with Gasteiger partial charge in [-0.15, -0.1) is 0 Å². The predicted octanol–water partition coefficient (Wildman–Crippen LogP) is 1.81. The second kappa shape index (κ2) is 7.39. The summed E-state index contributed by atoms with van der Waals surface area (Å²) in [4.78, 5) is 43.8. The Hall–Kier alpha value is -2.08. The quantitative estimate of drug-likeness (QED) is 0.773. The van der Waals surface area contributed by atoms with Crippen LogP contribution in [0.15, 0.2) is 24.3 Å². The first-order chi connectivity index (χ1) is 13.4. The number of amides is 3. The van der Waals surface area contributed by atoms with E-state index in [1.165, 1.54) is 0 Å². The fourth-order valence-corrected chi connectivity index (χ4v) is 5.05. The standard InChI is InChI=1S/C21H26ClN3O3/c1-15(26)24-11-17-12-25(19(27)10-16-4-6-18(22)7-5-16)14-21(17,13-24)20(28)23-8-2-3-9-23/h4-7,17H,2-3,8-14H2,1H3/t17-,21-/m0/s1. The van der Waals surface area contributed by atoms with Gasteiger partial charge in [-0.25, -0.2) is 0 Å². The molecule has 0 bridgehead atoms. The molecule has 6 nitrogen and oxygen atoms in total. The van der Waals surface area contributed by atoms with E-state index >= 15 is 0 Å². The zero-order chi connectivity index (χ0) is 19.9. The minimum absolute atomic E-state index is 0.00189. The van der Waals surface area contributed by atoms with Gasteiger partial charge in [-0.2, -0.15) is 0 Å². The van der Waals surface area contributed by atoms with Crippen molar-refractivity contribution in [3.8, 4) is 0 Å². The third-order valence-corrected chi connectivity index (χ3v) is 6.75. The molecule has 28 heavy (non-hydrogen) atoms. The van der Waals surface area contributed by atoms with Gasteiger partial charge in [-0.05, 0) is 30.5 Å². The van der Waals surface area contributed by atoms with Gasteiger partial charge in [0.2, 0.25) is 17.7 Å². The summed E-state index contributed by atoms with van der Waals surface area (Å²) in [5.41, 5.74) is 0.266. The summed E-state index contributed by atoms with van der Waals surface area (Å²) < 4.78 is 0. The van der Waals surface area contributed by atoms with Crippen molar-refractivity contribution in [2.24, 2.45) is 11.3 Å². The van der Waals surface area contributed by atoms with Crippen molar-refractivity contribution in [3.05, 3.63) is 34.9 Å². The van der Waals surface area contributed by atoms with Gasteiger partial charge in [-0.1, -0.05) is 23.7 Å². The number of carbonyl (C=O) groups is 3. The van der Waals surface area contributed by atoms with E-state index in [1.54, 1.807) is 24.0 Å². The van der Waals surface area contributed by atoms with Crippen LogP contribution in [0.5, 0.6) is 0 Å². The van der Waals surface area contributed by atoms with E-state index in [4.69, 9.17) is 11.6 Å². The maximum Gasteiger partial charge on any atom is 0.232 e. The Morgan fingerprint density at radius 3 is 2.25 bits per heavy atom. The summed E-state index contributed by atoms with van der Waals surface area (Å²) >= 11 is 5.92. The highest BCUT2D eigenvalue weighted by Crippen LogP contribution is 2.44. The van der Waals surface area contributed by atoms with Crippen LogP contribution in [-0.4, -0.2) is 71.7 Å². The Kier molecular flexibility index (Phi) is 5.08. The van der Waals surface area contributed by atoms with Gasteiger partial charge in [0.15, 0.2) is 0 Å². The molecule has 3 aliphatic heterocycles. The highest BCUT2D eigenvalue weighted by molar-refractivity contribution is 6.30. The topological polar surface area (TPSA) is 60.9 Å². The first-order valence-electron chi connectivity index (χ1n) is 9.96. The summed E-state index contributed by atoms with van der Waals surface area (Å²) in [5, 5.41) is 0.645. The summed E-state index contributed by atoms with van der Waals surface area (Å²) in [5.74, 6) is 0.168. The second-order valence-corrected chi connectivity index (χ2v) is 8.77. The Bertz CT molecular complexity index is 791. The summed E-state index contributed by atoms with van der Waals surface area (Å²) in [6, 6.07) is 7.29. The number of halogens is 1. The normalized spacial score (nSPS) is 26.6. The van der Waals surface area contributed by atoms with Crippen LogP contribution in [0.1, 0.15) is 25.3 Å². The van der Waals surface area contributed by atoms with Gasteiger partial charge < -0.3 is 14.7 Å². The van der Waals surface area contributed by atoms with Crippen molar-refractivity contribution >= 4 is 29.3 Å². The molecule has 0 spiro atoms. The molecule has 0 radical (unpaired) electrons. The fourth-order valence-electron chi connectivity index (χ4n) is 4.92. The van der Waals surface area contributed by atoms with E-state index in [2.05, 4.69) is 0 Å². The van der Waals surface area contributed by atoms with E-state index in [1.807, 2.05) is 21.9 Å². The molecule has 0 aromatic heterocycles. The monoisotopic (exact) mass is 403 g/mol. The highest BCUT2D eigenvalue weighted by atomic mass is 35.5. The van der Waals surface area contributed by atoms with E-state index < -0.39 is 5.41 Å². The van der Waals surface area contributed by atoms with Crippen molar-refractivity contribution in [1.82, 2.24) is 14.7 Å². The molecule has 0 aliphatic carbocycles. The third kappa shape index (κ3) is 3.39. The molecule has 3 amide bonds. The van der Waals surface area contributed by atoms with Crippen LogP contribution >= 0.6 is 11.6 Å². The average molecular weight is 404 g/mol. The number of likely N-dealkylation sites (tertiary alicyclic amines) is 3. The molecule has 7 heteroatoms. The minimum atomic E-state index is -0.647. The summed E-state index contributed by atoms with van der Waals surface area (Å²) in [7, 11) is 0. The van der Waals surface area contributed by atoms with Gasteiger partial charge >= 0.3 is 0 Å². The van der Waals surface area contributed by atoms with Crippen molar-refractivity contribution in [2.75, 3.05) is 39.3 Å². The zero-order valence-corrected chi connectivity index (χ0v) is 17.0. The number of nitrogens with zero attached hydrogens (tertiary/aromatic N) is 3. The Morgan fingerprint density at radius 2 is 1.61 bits per heavy atom. The Balaban J connectivity index is 1.52. The van der Waals surface area contributed by atoms with Gasteiger partial charge in [0.25, 0.3) is 0 Å². The molecule has 1 aromatic carbocycles. The second-order valence-electron chi connectivity index (χ2n) is 8.33. The van der Waals surface area contributed by atoms with Crippen molar-refractivity contribution in [2.45, 2.75) is 26.2 Å². The molecular weight excluding hydrogens is 378 g/mol. The lowest BCUT2D eigenvalue weighted by atomic mass is 9.79. The van der Waals surface area contributed by atoms with Crippen LogP contribution < -0.4 is 0 Å². The van der Waals surface area contributed by atoms with Gasteiger partial charge in [0.05, 0.1) is 11.8 Å². The number of benzene rings is 1. The Labute approximate surface area is 170 Å². The number of hydrogen-bond donors (Lipinski definition) is 0. The maximum atomic E-state index is 13.4. The first-order valence-corrected chi connectivity index (χ1v) is 10.3. The van der Waals surface area contributed by atoms with Gasteiger partial charge in [-0.3, -0.25) is 14.4 Å². The SMILES string of the molecule is CC(=O)N1C[C@H]2CN(C(=O)Cc3ccc(Cl)cc3)C[C@@]2(C(=O)N2CCCC2)C1. The van der Waals surface area contributed by atoms with Gasteiger partial charge in [0, 0.05) is 57.1 Å². The van der Waals surface area contributed by atoms with E-state index in [-0.39, 0.29) is 23.6 Å². The van der Waals surface area contributed by atoms with Crippen LogP contribution in [0.4, 0.5) is 0 Å². The molecule has 3 saturated heterocycles. The molecule has 2 atom stereocenters. The highest BCUT2D eigenvalue weighted by Gasteiger charge is 2.59. The summed E-state index contributed by atoms with van der Waals surface area (Å²) in [6.45, 7) is 5.04. The molecule has 0 saturated carbocycles. The lowest BCUT2D eigenvalue weighted by Gasteiger charge is -2.32. The van der Waals surface area contributed by atoms with E-state index in [9.17, 15) is 14.4 Å². The molecule has 1 aromatic rings. The van der Waals surface area contributed by atoms with Crippen LogP contribution in [0.3, 0.4) is 0 Å². The van der Waals surface area contributed by atoms with Crippen LogP contribution in [0, 0.1) is 11.3 Å². The molecule has 3 heterocycles. The number of fused-ring (bicyclic) bond motifs is 1. The van der Waals surface area contributed by atoms with Crippen LogP contribution in [-0.2, 0) is 20.8 Å². The number of carbonyl (C=O) groups excluding carboxylic acids is 3. The van der Waals surface area contributed by atoms with Crippen molar-refractivity contribution in [3.63, 3.8) is 0 Å². The zero-order valence-electron chi connectivity index (χ0n) is 16.2. The molecular formula is C21H26ClN3O3. The van der Waals surface area contributed by atoms with Crippen LogP contribution in [0.25, 0.3) is 0 Å². The lowest BCUT2D eigenvalue weighted by Crippen LogP contribution is -2.49. The molecule has 4 rings (SSSR count). The molecule has 0 unspecified atom stereocenters. The number of hydrogen-bond acceptors (Lipinski definition) is 3. The number of rotatable bonds is 3. The van der Waals surface area contributed by atoms with Crippen molar-refractivity contribution < 1.29 is 14.4 Å². The predicted molar refractivity (Wildman–Crippen MR) is 106 cm³/mol. The molecule has 3 aliphatic rings. The molecule has 3 fully saturated rings. The molecule has 0 N–H and O–H groups in total. The fraction of sp³-hybridized carbons (Fsp3) is 0.571.